The summed E-state index contributed by atoms with van der Waals surface area (Å²) in [6, 6.07) is 5.33. The largest absolute Gasteiger partial charge is 0.490 e. The number of rotatable bonds is 9. The lowest BCUT2D eigenvalue weighted by Gasteiger charge is -2.29. The predicted octanol–water partition coefficient (Wildman–Crippen LogP) is 1.79. The molecule has 0 aliphatic carbocycles. The number of sulfonamides is 1. The molecule has 2 rings (SSSR count). The van der Waals surface area contributed by atoms with Crippen LogP contribution in [0.2, 0.25) is 0 Å². The molecule has 13 heteroatoms. The molecule has 1 aromatic rings. The van der Waals surface area contributed by atoms with Gasteiger partial charge in [0.25, 0.3) is 0 Å². The molecule has 1 fully saturated rings. The molecule has 0 atom stereocenters. The second-order valence-electron chi connectivity index (χ2n) is 7.70. The Bertz CT molecular complexity index is 919. The summed E-state index contributed by atoms with van der Waals surface area (Å²) >= 11 is 0. The van der Waals surface area contributed by atoms with Gasteiger partial charge in [-0.15, -0.1) is 0 Å². The lowest BCUT2D eigenvalue weighted by Crippen LogP contribution is -2.47. The molecule has 9 nitrogen and oxygen atoms in total. The van der Waals surface area contributed by atoms with Crippen molar-refractivity contribution in [3.05, 3.63) is 29.3 Å². The van der Waals surface area contributed by atoms with Crippen LogP contribution < -0.4 is 5.32 Å². The van der Waals surface area contributed by atoms with Gasteiger partial charge in [-0.05, 0) is 31.9 Å². The molecule has 2 N–H and O–H groups in total. The van der Waals surface area contributed by atoms with Crippen LogP contribution in [0.1, 0.15) is 24.0 Å². The Balaban J connectivity index is 0.000000718. The van der Waals surface area contributed by atoms with Crippen LogP contribution in [-0.2, 0) is 24.3 Å². The first kappa shape index (κ1) is 29.8. The zero-order valence-corrected chi connectivity index (χ0v) is 20.3. The molecule has 1 aliphatic heterocycles. The Hall–Kier alpha value is -2.22. The number of hydrogen-bond donors (Lipinski definition) is 2. The number of alkyl halides is 3. The summed E-state index contributed by atoms with van der Waals surface area (Å²) in [6.07, 6.45) is -4.31. The number of carboxylic acid groups (broad SMARTS) is 1. The van der Waals surface area contributed by atoms with E-state index in [0.717, 1.165) is 24.2 Å². The lowest BCUT2D eigenvalue weighted by molar-refractivity contribution is -0.192. The van der Waals surface area contributed by atoms with E-state index in [9.17, 15) is 26.4 Å². The topological polar surface area (TPSA) is 116 Å². The molecule has 0 radical (unpaired) electrons. The first-order valence-electron chi connectivity index (χ1n) is 10.7. The van der Waals surface area contributed by atoms with E-state index < -0.39 is 22.2 Å². The number of carboxylic acids is 1. The molecule has 0 spiro atoms. The van der Waals surface area contributed by atoms with Crippen LogP contribution >= 0.6 is 0 Å². The zero-order valence-electron chi connectivity index (χ0n) is 19.5. The van der Waals surface area contributed by atoms with E-state index in [1.807, 2.05) is 13.0 Å². The van der Waals surface area contributed by atoms with Gasteiger partial charge in [-0.2, -0.15) is 17.5 Å². The molecule has 0 unspecified atom stereocenters. The molecule has 0 saturated carbocycles. The van der Waals surface area contributed by atoms with Crippen LogP contribution in [-0.4, -0.2) is 93.8 Å². The number of nitrogens with one attached hydrogen (secondary N) is 1. The second kappa shape index (κ2) is 13.6. The summed E-state index contributed by atoms with van der Waals surface area (Å²) in [7, 11) is -2.07. The van der Waals surface area contributed by atoms with Crippen LogP contribution in [0.5, 0.6) is 0 Å². The Morgan fingerprint density at radius 2 is 1.76 bits per heavy atom. The predicted molar refractivity (Wildman–Crippen MR) is 119 cm³/mol. The van der Waals surface area contributed by atoms with Gasteiger partial charge in [-0.1, -0.05) is 17.7 Å². The second-order valence-corrected chi connectivity index (χ2v) is 9.61. The molecule has 34 heavy (non-hydrogen) atoms. The third kappa shape index (κ3) is 9.57. The summed E-state index contributed by atoms with van der Waals surface area (Å²) in [5.74, 6) is -2.75. The fraction of sp³-hybridized carbons (Fsp3) is 0.619. The average molecular weight is 512 g/mol. The maximum absolute atomic E-state index is 13.2. The van der Waals surface area contributed by atoms with E-state index in [1.165, 1.54) is 4.31 Å². The fourth-order valence-electron chi connectivity index (χ4n) is 3.26. The number of aliphatic carboxylic acids is 1. The van der Waals surface area contributed by atoms with E-state index in [1.54, 1.807) is 31.1 Å². The van der Waals surface area contributed by atoms with Gasteiger partial charge in [0.1, 0.15) is 0 Å². The van der Waals surface area contributed by atoms with Crippen molar-refractivity contribution in [1.29, 1.82) is 0 Å². The van der Waals surface area contributed by atoms with E-state index >= 15 is 0 Å². The molecule has 1 saturated heterocycles. The van der Waals surface area contributed by atoms with E-state index in [4.69, 9.17) is 14.6 Å². The van der Waals surface area contributed by atoms with Crippen molar-refractivity contribution in [2.45, 2.75) is 37.8 Å². The van der Waals surface area contributed by atoms with Gasteiger partial charge < -0.3 is 20.1 Å². The number of carbonyl (C=O) groups is 2. The highest BCUT2D eigenvalue weighted by molar-refractivity contribution is 7.89. The number of piperazine rings is 1. The third-order valence-corrected chi connectivity index (χ3v) is 7.05. The number of carbonyl (C=O) groups excluding carboxylic acids is 1. The van der Waals surface area contributed by atoms with Crippen molar-refractivity contribution in [2.24, 2.45) is 0 Å². The van der Waals surface area contributed by atoms with Gasteiger partial charge in [0.15, 0.2) is 0 Å². The Morgan fingerprint density at radius 3 is 2.26 bits per heavy atom. The minimum absolute atomic E-state index is 0.00377. The summed E-state index contributed by atoms with van der Waals surface area (Å²) < 4.78 is 64.6. The minimum atomic E-state index is -5.08. The monoisotopic (exact) mass is 511 g/mol. The molecule has 0 bridgehead atoms. The smallest absolute Gasteiger partial charge is 0.475 e. The highest BCUT2D eigenvalue weighted by atomic mass is 32.2. The number of aryl methyl sites for hydroxylation is 2. The van der Waals surface area contributed by atoms with Gasteiger partial charge in [0.05, 0.1) is 4.90 Å². The number of ether oxygens (including phenoxy) is 1. The van der Waals surface area contributed by atoms with Crippen LogP contribution in [0.25, 0.3) is 0 Å². The van der Waals surface area contributed by atoms with Crippen molar-refractivity contribution >= 4 is 21.9 Å². The highest BCUT2D eigenvalue weighted by Crippen LogP contribution is 2.22. The van der Waals surface area contributed by atoms with Crippen molar-refractivity contribution in [2.75, 3.05) is 53.0 Å². The normalized spacial score (nSPS) is 14.5. The zero-order chi connectivity index (χ0) is 25.9. The van der Waals surface area contributed by atoms with E-state index in [-0.39, 0.29) is 18.9 Å². The number of nitrogens with zero attached hydrogens (tertiary/aromatic N) is 2. The van der Waals surface area contributed by atoms with Crippen molar-refractivity contribution in [3.63, 3.8) is 0 Å². The van der Waals surface area contributed by atoms with Crippen LogP contribution in [0.4, 0.5) is 13.2 Å². The minimum Gasteiger partial charge on any atom is -0.475 e. The van der Waals surface area contributed by atoms with Crippen molar-refractivity contribution < 1.29 is 41.0 Å². The molecule has 1 aliphatic rings. The first-order chi connectivity index (χ1) is 15.8. The molecular formula is C21H32F3N3O6S. The average Bonchev–Trinajstić information content (AvgIpc) is 2.75. The third-order valence-electron chi connectivity index (χ3n) is 4.99. The van der Waals surface area contributed by atoms with Crippen molar-refractivity contribution in [3.8, 4) is 0 Å². The fourth-order valence-corrected chi connectivity index (χ4v) is 4.94. The molecule has 1 aromatic carbocycles. The highest BCUT2D eigenvalue weighted by Gasteiger charge is 2.38. The van der Waals surface area contributed by atoms with Gasteiger partial charge in [-0.3, -0.25) is 4.79 Å². The summed E-state index contributed by atoms with van der Waals surface area (Å²) in [5.41, 5.74) is 1.74. The maximum Gasteiger partial charge on any atom is 0.490 e. The van der Waals surface area contributed by atoms with E-state index in [0.29, 0.717) is 37.6 Å². The number of amides is 1. The molecule has 194 valence electrons. The Morgan fingerprint density at radius 1 is 1.18 bits per heavy atom. The molecule has 1 heterocycles. The molecule has 1 amide bonds. The van der Waals surface area contributed by atoms with Gasteiger partial charge in [0.2, 0.25) is 15.9 Å². The van der Waals surface area contributed by atoms with Gasteiger partial charge in [-0.25, -0.2) is 13.2 Å². The number of benzene rings is 1. The molecule has 0 aromatic heterocycles. The number of methoxy groups -OCH3 is 1. The quantitative estimate of drug-likeness (QED) is 0.486. The SMILES string of the molecule is COCCCN(CCC(=O)N1CCNCC1)S(=O)(=O)c1ccc(C)cc1C.O=C(O)C(F)(F)F. The lowest BCUT2D eigenvalue weighted by atomic mass is 10.2. The maximum atomic E-state index is 13.2. The summed E-state index contributed by atoms with van der Waals surface area (Å²) in [5, 5.41) is 10.3. The van der Waals surface area contributed by atoms with Gasteiger partial charge >= 0.3 is 12.1 Å². The Kier molecular flexibility index (Phi) is 11.9. The standard InChI is InChI=1S/C19H31N3O4S.C2HF3O2/c1-16-5-6-18(17(2)15-16)27(24,25)22(10-4-14-26-3)11-7-19(23)21-12-8-20-9-13-21;3-2(4,5)1(6)7/h5-6,15,20H,4,7-14H2,1-3H3;(H,6,7). The van der Waals surface area contributed by atoms with Crippen LogP contribution in [0.15, 0.2) is 23.1 Å². The Labute approximate surface area is 197 Å². The van der Waals surface area contributed by atoms with E-state index in [2.05, 4.69) is 5.32 Å². The van der Waals surface area contributed by atoms with Crippen LogP contribution in [0.3, 0.4) is 0 Å². The molecular weight excluding hydrogens is 479 g/mol. The van der Waals surface area contributed by atoms with Crippen LogP contribution in [0, 0.1) is 13.8 Å². The summed E-state index contributed by atoms with van der Waals surface area (Å²) in [4.78, 5) is 23.5. The number of halogens is 3. The first-order valence-corrected chi connectivity index (χ1v) is 12.1. The number of hydrogen-bond acceptors (Lipinski definition) is 6. The summed E-state index contributed by atoms with van der Waals surface area (Å²) in [6.45, 7) is 7.64. The van der Waals surface area contributed by atoms with Crippen molar-refractivity contribution in [1.82, 2.24) is 14.5 Å². The van der Waals surface area contributed by atoms with Gasteiger partial charge in [0, 0.05) is 59.4 Å².